The van der Waals surface area contributed by atoms with Crippen molar-refractivity contribution in [2.75, 3.05) is 0 Å². The molecule has 0 aliphatic carbocycles. The SMILES string of the molecule is Oc1cncc(-c2cccc(Br)c2)c1. The molecule has 0 saturated carbocycles. The Labute approximate surface area is 90.4 Å². The minimum atomic E-state index is 0.183. The second kappa shape index (κ2) is 3.80. The van der Waals surface area contributed by atoms with E-state index in [0.29, 0.717) is 0 Å². The molecule has 0 fully saturated rings. The summed E-state index contributed by atoms with van der Waals surface area (Å²) >= 11 is 3.40. The lowest BCUT2D eigenvalue weighted by Gasteiger charge is -2.01. The van der Waals surface area contributed by atoms with Gasteiger partial charge in [0, 0.05) is 16.2 Å². The van der Waals surface area contributed by atoms with E-state index in [1.807, 2.05) is 24.3 Å². The molecule has 0 unspecified atom stereocenters. The molecule has 14 heavy (non-hydrogen) atoms. The molecular weight excluding hydrogens is 242 g/mol. The van der Waals surface area contributed by atoms with E-state index in [0.717, 1.165) is 15.6 Å². The Balaban J connectivity index is 2.49. The van der Waals surface area contributed by atoms with Crippen LogP contribution in [0.25, 0.3) is 11.1 Å². The van der Waals surface area contributed by atoms with Gasteiger partial charge in [-0.3, -0.25) is 4.98 Å². The third kappa shape index (κ3) is 1.93. The highest BCUT2D eigenvalue weighted by Gasteiger charge is 1.99. The van der Waals surface area contributed by atoms with E-state index in [1.54, 1.807) is 12.3 Å². The monoisotopic (exact) mass is 249 g/mol. The molecule has 2 rings (SSSR count). The molecular formula is C11H8BrNO. The zero-order chi connectivity index (χ0) is 9.97. The van der Waals surface area contributed by atoms with Crippen molar-refractivity contribution in [1.82, 2.24) is 4.98 Å². The lowest BCUT2D eigenvalue weighted by Crippen LogP contribution is -1.79. The fourth-order valence-corrected chi connectivity index (χ4v) is 1.65. The minimum absolute atomic E-state index is 0.183. The van der Waals surface area contributed by atoms with Crippen molar-refractivity contribution < 1.29 is 5.11 Å². The summed E-state index contributed by atoms with van der Waals surface area (Å²) in [5, 5.41) is 9.27. The number of aromatic nitrogens is 1. The van der Waals surface area contributed by atoms with Crippen LogP contribution >= 0.6 is 15.9 Å². The highest BCUT2D eigenvalue weighted by Crippen LogP contribution is 2.24. The van der Waals surface area contributed by atoms with Gasteiger partial charge in [-0.05, 0) is 23.8 Å². The molecule has 0 amide bonds. The number of pyridine rings is 1. The average Bonchev–Trinajstić information content (AvgIpc) is 2.18. The lowest BCUT2D eigenvalue weighted by molar-refractivity contribution is 0.473. The average molecular weight is 250 g/mol. The summed E-state index contributed by atoms with van der Waals surface area (Å²) in [4.78, 5) is 3.92. The molecule has 0 bridgehead atoms. The Morgan fingerprint density at radius 2 is 1.93 bits per heavy atom. The van der Waals surface area contributed by atoms with E-state index in [4.69, 9.17) is 0 Å². The van der Waals surface area contributed by atoms with Crippen LogP contribution in [-0.4, -0.2) is 10.1 Å². The van der Waals surface area contributed by atoms with Crippen LogP contribution < -0.4 is 0 Å². The van der Waals surface area contributed by atoms with E-state index in [2.05, 4.69) is 20.9 Å². The van der Waals surface area contributed by atoms with Gasteiger partial charge < -0.3 is 5.11 Å². The van der Waals surface area contributed by atoms with Crippen molar-refractivity contribution in [1.29, 1.82) is 0 Å². The van der Waals surface area contributed by atoms with Gasteiger partial charge in [-0.1, -0.05) is 28.1 Å². The van der Waals surface area contributed by atoms with E-state index >= 15 is 0 Å². The molecule has 0 saturated heterocycles. The standard InChI is InChI=1S/C11H8BrNO/c12-10-3-1-2-8(4-10)9-5-11(14)7-13-6-9/h1-7,14H. The van der Waals surface area contributed by atoms with Crippen LogP contribution in [0.3, 0.4) is 0 Å². The number of benzene rings is 1. The Kier molecular flexibility index (Phi) is 2.50. The molecule has 0 aliphatic rings. The van der Waals surface area contributed by atoms with Gasteiger partial charge in [0.05, 0.1) is 6.20 Å². The summed E-state index contributed by atoms with van der Waals surface area (Å²) in [7, 11) is 0. The fraction of sp³-hybridized carbons (Fsp3) is 0. The third-order valence-corrected chi connectivity index (χ3v) is 2.38. The largest absolute Gasteiger partial charge is 0.506 e. The Hall–Kier alpha value is -1.35. The molecule has 70 valence electrons. The summed E-state index contributed by atoms with van der Waals surface area (Å²) < 4.78 is 1.01. The van der Waals surface area contributed by atoms with Gasteiger partial charge in [0.15, 0.2) is 0 Å². The number of nitrogens with zero attached hydrogens (tertiary/aromatic N) is 1. The molecule has 0 spiro atoms. The van der Waals surface area contributed by atoms with E-state index in [1.165, 1.54) is 6.20 Å². The van der Waals surface area contributed by atoms with Crippen molar-refractivity contribution in [3.05, 3.63) is 47.2 Å². The van der Waals surface area contributed by atoms with Gasteiger partial charge in [0.25, 0.3) is 0 Å². The number of halogens is 1. The fourth-order valence-electron chi connectivity index (χ4n) is 1.25. The van der Waals surface area contributed by atoms with Crippen molar-refractivity contribution in [3.63, 3.8) is 0 Å². The molecule has 1 heterocycles. The Morgan fingerprint density at radius 1 is 1.07 bits per heavy atom. The summed E-state index contributed by atoms with van der Waals surface area (Å²) in [5.41, 5.74) is 1.94. The maximum atomic E-state index is 9.27. The summed E-state index contributed by atoms with van der Waals surface area (Å²) in [6.45, 7) is 0. The van der Waals surface area contributed by atoms with Crippen LogP contribution in [-0.2, 0) is 0 Å². The van der Waals surface area contributed by atoms with Crippen molar-refractivity contribution in [3.8, 4) is 16.9 Å². The molecule has 0 radical (unpaired) electrons. The van der Waals surface area contributed by atoms with E-state index in [-0.39, 0.29) is 5.75 Å². The van der Waals surface area contributed by atoms with Gasteiger partial charge in [-0.15, -0.1) is 0 Å². The second-order valence-corrected chi connectivity index (χ2v) is 3.86. The number of hydrogen-bond donors (Lipinski definition) is 1. The first-order chi connectivity index (χ1) is 6.75. The van der Waals surface area contributed by atoms with Crippen molar-refractivity contribution >= 4 is 15.9 Å². The quantitative estimate of drug-likeness (QED) is 0.842. The van der Waals surface area contributed by atoms with Crippen LogP contribution in [0.4, 0.5) is 0 Å². The maximum absolute atomic E-state index is 9.27. The Bertz CT molecular complexity index is 413. The second-order valence-electron chi connectivity index (χ2n) is 2.94. The van der Waals surface area contributed by atoms with Crippen LogP contribution in [0.1, 0.15) is 0 Å². The number of aromatic hydroxyl groups is 1. The van der Waals surface area contributed by atoms with Crippen molar-refractivity contribution in [2.45, 2.75) is 0 Å². The minimum Gasteiger partial charge on any atom is -0.506 e. The first-order valence-electron chi connectivity index (χ1n) is 4.16. The number of rotatable bonds is 1. The van der Waals surface area contributed by atoms with E-state index < -0.39 is 0 Å². The molecule has 3 heteroatoms. The summed E-state index contributed by atoms with van der Waals surface area (Å²) in [5.74, 6) is 0.183. The summed E-state index contributed by atoms with van der Waals surface area (Å²) in [6.07, 6.45) is 3.14. The molecule has 1 aromatic heterocycles. The van der Waals surface area contributed by atoms with Crippen LogP contribution in [0.15, 0.2) is 47.2 Å². The molecule has 2 nitrogen and oxygen atoms in total. The Morgan fingerprint density at radius 3 is 2.64 bits per heavy atom. The highest BCUT2D eigenvalue weighted by molar-refractivity contribution is 9.10. The first kappa shape index (κ1) is 9.21. The van der Waals surface area contributed by atoms with Gasteiger partial charge in [0.1, 0.15) is 5.75 Å². The normalized spacial score (nSPS) is 10.1. The zero-order valence-electron chi connectivity index (χ0n) is 7.31. The van der Waals surface area contributed by atoms with E-state index in [9.17, 15) is 5.11 Å². The van der Waals surface area contributed by atoms with Gasteiger partial charge in [-0.2, -0.15) is 0 Å². The lowest BCUT2D eigenvalue weighted by atomic mass is 10.1. The highest BCUT2D eigenvalue weighted by atomic mass is 79.9. The third-order valence-electron chi connectivity index (χ3n) is 1.88. The first-order valence-corrected chi connectivity index (χ1v) is 4.95. The zero-order valence-corrected chi connectivity index (χ0v) is 8.90. The predicted molar refractivity (Wildman–Crippen MR) is 59.0 cm³/mol. The van der Waals surface area contributed by atoms with Crippen LogP contribution in [0.2, 0.25) is 0 Å². The van der Waals surface area contributed by atoms with Crippen LogP contribution in [0.5, 0.6) is 5.75 Å². The molecule has 0 aliphatic heterocycles. The van der Waals surface area contributed by atoms with Gasteiger partial charge in [0.2, 0.25) is 0 Å². The smallest absolute Gasteiger partial charge is 0.134 e. The topological polar surface area (TPSA) is 33.1 Å². The van der Waals surface area contributed by atoms with Gasteiger partial charge in [-0.25, -0.2) is 0 Å². The molecule has 1 N–H and O–H groups in total. The molecule has 0 atom stereocenters. The molecule has 1 aromatic carbocycles. The maximum Gasteiger partial charge on any atom is 0.134 e. The summed E-state index contributed by atoms with van der Waals surface area (Å²) in [6, 6.07) is 9.55. The number of hydrogen-bond acceptors (Lipinski definition) is 2. The van der Waals surface area contributed by atoms with Gasteiger partial charge >= 0.3 is 0 Å². The molecule has 2 aromatic rings. The van der Waals surface area contributed by atoms with Crippen molar-refractivity contribution in [2.24, 2.45) is 0 Å². The predicted octanol–water partition coefficient (Wildman–Crippen LogP) is 3.22. The van der Waals surface area contributed by atoms with Crippen LogP contribution in [0, 0.1) is 0 Å².